The summed E-state index contributed by atoms with van der Waals surface area (Å²) in [5.41, 5.74) is 4.89. The highest BCUT2D eigenvalue weighted by molar-refractivity contribution is 7.07. The van der Waals surface area contributed by atoms with Gasteiger partial charge < -0.3 is 14.2 Å². The summed E-state index contributed by atoms with van der Waals surface area (Å²) in [7, 11) is 0. The normalized spacial score (nSPS) is 14.4. The first-order chi connectivity index (χ1) is 23.8. The molecule has 2 heterocycles. The molecule has 0 spiro atoms. The van der Waals surface area contributed by atoms with Crippen LogP contribution in [0.5, 0.6) is 11.5 Å². The van der Waals surface area contributed by atoms with Gasteiger partial charge >= 0.3 is 5.97 Å². The monoisotopic (exact) mass is 692 g/mol. The van der Waals surface area contributed by atoms with Crippen LogP contribution in [0.3, 0.4) is 0 Å². The number of aromatic nitrogens is 1. The highest BCUT2D eigenvalue weighted by atomic mass is 35.5. The number of benzene rings is 4. The summed E-state index contributed by atoms with van der Waals surface area (Å²) in [6.07, 6.45) is 1.82. The molecule has 0 radical (unpaired) electrons. The lowest BCUT2D eigenvalue weighted by Crippen LogP contribution is -2.40. The van der Waals surface area contributed by atoms with Crippen molar-refractivity contribution in [3.63, 3.8) is 0 Å². The van der Waals surface area contributed by atoms with E-state index in [-0.39, 0.29) is 18.8 Å². The van der Waals surface area contributed by atoms with E-state index in [1.165, 1.54) is 11.3 Å². The Balaban J connectivity index is 1.48. The number of nitrogens with zero attached hydrogens (tertiary/aromatic N) is 2. The maximum Gasteiger partial charge on any atom is 0.338 e. The molecular weight excluding hydrogens is 656 g/mol. The number of fused-ring (bicyclic) bond motifs is 1. The van der Waals surface area contributed by atoms with Gasteiger partial charge in [-0.1, -0.05) is 116 Å². The predicted octanol–water partition coefficient (Wildman–Crippen LogP) is 7.69. The Bertz CT molecular complexity index is 2190. The fraction of sp³-hybridized carbons (Fsp3) is 0.225. The molecular formula is C40H37ClN2O5S. The topological polar surface area (TPSA) is 79.1 Å². The molecule has 1 aromatic heterocycles. The van der Waals surface area contributed by atoms with E-state index < -0.39 is 12.0 Å². The number of carbonyl (C=O) groups is 1. The molecule has 1 atom stereocenters. The average molecular weight is 693 g/mol. The van der Waals surface area contributed by atoms with Gasteiger partial charge in [0.1, 0.15) is 6.61 Å². The first-order valence-corrected chi connectivity index (χ1v) is 17.5. The van der Waals surface area contributed by atoms with E-state index in [0.29, 0.717) is 49.7 Å². The van der Waals surface area contributed by atoms with Crippen LogP contribution in [0, 0.1) is 0 Å². The van der Waals surface area contributed by atoms with Gasteiger partial charge in [0.15, 0.2) is 16.3 Å². The van der Waals surface area contributed by atoms with Gasteiger partial charge in [-0.05, 0) is 60.7 Å². The molecule has 250 valence electrons. The van der Waals surface area contributed by atoms with Gasteiger partial charge in [-0.2, -0.15) is 0 Å². The molecule has 0 fully saturated rings. The Kier molecular flexibility index (Phi) is 10.5. The lowest BCUT2D eigenvalue weighted by atomic mass is 9.91. The third-order valence-electron chi connectivity index (χ3n) is 8.20. The van der Waals surface area contributed by atoms with Crippen LogP contribution in [0.15, 0.2) is 112 Å². The van der Waals surface area contributed by atoms with Gasteiger partial charge in [-0.25, -0.2) is 9.79 Å². The second kappa shape index (κ2) is 15.1. The molecule has 0 saturated heterocycles. The maximum atomic E-state index is 14.4. The molecule has 0 N–H and O–H groups in total. The van der Waals surface area contributed by atoms with Crippen molar-refractivity contribution in [1.82, 2.24) is 4.57 Å². The summed E-state index contributed by atoms with van der Waals surface area (Å²) in [6.45, 7) is 8.83. The molecule has 0 bridgehead atoms. The van der Waals surface area contributed by atoms with Crippen molar-refractivity contribution in [3.8, 4) is 11.5 Å². The van der Waals surface area contributed by atoms with Crippen molar-refractivity contribution in [3.05, 3.63) is 155 Å². The number of esters is 1. The lowest BCUT2D eigenvalue weighted by Gasteiger charge is -2.26. The summed E-state index contributed by atoms with van der Waals surface area (Å²) in [5, 5.41) is 0.628. The molecule has 4 aromatic carbocycles. The quantitative estimate of drug-likeness (QED) is 0.133. The van der Waals surface area contributed by atoms with E-state index in [0.717, 1.165) is 27.8 Å². The fourth-order valence-electron chi connectivity index (χ4n) is 5.74. The number of halogens is 1. The lowest BCUT2D eigenvalue weighted by molar-refractivity contribution is -0.138. The van der Waals surface area contributed by atoms with Crippen LogP contribution >= 0.6 is 22.9 Å². The molecule has 0 aliphatic carbocycles. The van der Waals surface area contributed by atoms with Crippen LogP contribution in [0.4, 0.5) is 0 Å². The Morgan fingerprint density at radius 1 is 0.918 bits per heavy atom. The van der Waals surface area contributed by atoms with Gasteiger partial charge in [0.25, 0.3) is 5.56 Å². The van der Waals surface area contributed by atoms with Crippen molar-refractivity contribution in [1.29, 1.82) is 0 Å². The number of rotatable bonds is 11. The molecule has 49 heavy (non-hydrogen) atoms. The molecule has 1 aliphatic rings. The first-order valence-electron chi connectivity index (χ1n) is 16.3. The minimum atomic E-state index is -0.742. The van der Waals surface area contributed by atoms with E-state index in [1.807, 2.05) is 110 Å². The number of thiazole rings is 1. The SMILES string of the molecule is CCOC(=O)C1=C(c2ccccc2)N=c2s/c(=C\c3ccc(OCc4ccccc4Cl)c(OCC)c3)c(=O)n2[C@H]1c1ccc(C(C)C)cc1. The number of hydrogen-bond acceptors (Lipinski definition) is 7. The summed E-state index contributed by atoms with van der Waals surface area (Å²) in [4.78, 5) is 33.6. The minimum Gasteiger partial charge on any atom is -0.490 e. The van der Waals surface area contributed by atoms with Crippen LogP contribution < -0.4 is 24.4 Å². The van der Waals surface area contributed by atoms with Crippen molar-refractivity contribution in [2.75, 3.05) is 13.2 Å². The number of carbonyl (C=O) groups excluding carboxylic acids is 1. The van der Waals surface area contributed by atoms with E-state index in [2.05, 4.69) is 13.8 Å². The first kappa shape index (κ1) is 34.0. The Morgan fingerprint density at radius 3 is 2.35 bits per heavy atom. The van der Waals surface area contributed by atoms with Crippen LogP contribution in [-0.4, -0.2) is 23.8 Å². The van der Waals surface area contributed by atoms with E-state index >= 15 is 0 Å². The third kappa shape index (κ3) is 7.26. The fourth-order valence-corrected chi connectivity index (χ4v) is 6.93. The zero-order valence-corrected chi connectivity index (χ0v) is 29.4. The van der Waals surface area contributed by atoms with Crippen molar-refractivity contribution >= 4 is 40.7 Å². The van der Waals surface area contributed by atoms with Crippen molar-refractivity contribution < 1.29 is 19.0 Å². The smallest absolute Gasteiger partial charge is 0.338 e. The molecule has 0 saturated carbocycles. The Morgan fingerprint density at radius 2 is 1.65 bits per heavy atom. The Hall–Kier alpha value is -4.92. The predicted molar refractivity (Wildman–Crippen MR) is 195 cm³/mol. The van der Waals surface area contributed by atoms with Crippen LogP contribution in [0.2, 0.25) is 5.02 Å². The second-order valence-corrected chi connectivity index (χ2v) is 13.2. The molecule has 7 nitrogen and oxygen atoms in total. The largest absolute Gasteiger partial charge is 0.490 e. The van der Waals surface area contributed by atoms with Gasteiger partial charge in [0, 0.05) is 16.1 Å². The summed E-state index contributed by atoms with van der Waals surface area (Å²) >= 11 is 7.61. The van der Waals surface area contributed by atoms with Gasteiger partial charge in [0.05, 0.1) is 35.1 Å². The van der Waals surface area contributed by atoms with Crippen molar-refractivity contribution in [2.45, 2.75) is 46.3 Å². The highest BCUT2D eigenvalue weighted by Crippen LogP contribution is 2.36. The average Bonchev–Trinajstić information content (AvgIpc) is 3.42. The van der Waals surface area contributed by atoms with Gasteiger partial charge in [-0.3, -0.25) is 9.36 Å². The van der Waals surface area contributed by atoms with Gasteiger partial charge in [-0.15, -0.1) is 0 Å². The maximum absolute atomic E-state index is 14.4. The summed E-state index contributed by atoms with van der Waals surface area (Å²) < 4.78 is 19.7. The number of hydrogen-bond donors (Lipinski definition) is 0. The molecule has 9 heteroatoms. The molecule has 0 unspecified atom stereocenters. The molecule has 6 rings (SSSR count). The number of ether oxygens (including phenoxy) is 3. The molecule has 5 aromatic rings. The summed E-state index contributed by atoms with van der Waals surface area (Å²) in [5.74, 6) is 0.934. The third-order valence-corrected chi connectivity index (χ3v) is 9.55. The zero-order valence-electron chi connectivity index (χ0n) is 27.8. The summed E-state index contributed by atoms with van der Waals surface area (Å²) in [6, 6.07) is 30.0. The highest BCUT2D eigenvalue weighted by Gasteiger charge is 2.35. The van der Waals surface area contributed by atoms with E-state index in [4.69, 9.17) is 30.8 Å². The standard InChI is InChI=1S/C40H37ClN2O5S/c1-5-46-33-22-26(16-21-32(33)48-24-30-14-10-11-15-31(30)41)23-34-38(44)43-37(29-19-17-27(18-20-29)25(3)4)35(39(45)47-6-2)36(42-40(43)49-34)28-12-8-7-9-13-28/h7-23,25,37H,5-6,24H2,1-4H3/b34-23-/t37-/m0/s1. The van der Waals surface area contributed by atoms with Crippen LogP contribution in [0.25, 0.3) is 11.8 Å². The zero-order chi connectivity index (χ0) is 34.5. The van der Waals surface area contributed by atoms with Crippen molar-refractivity contribution in [2.24, 2.45) is 4.99 Å². The van der Waals surface area contributed by atoms with Crippen LogP contribution in [-0.2, 0) is 16.1 Å². The van der Waals surface area contributed by atoms with Gasteiger partial charge in [0.2, 0.25) is 0 Å². The van der Waals surface area contributed by atoms with Crippen LogP contribution in [0.1, 0.15) is 67.5 Å². The second-order valence-electron chi connectivity index (χ2n) is 11.8. The molecule has 1 aliphatic heterocycles. The van der Waals surface area contributed by atoms with E-state index in [1.54, 1.807) is 11.5 Å². The molecule has 0 amide bonds. The Labute approximate surface area is 294 Å². The van der Waals surface area contributed by atoms with E-state index in [9.17, 15) is 9.59 Å². The minimum absolute atomic E-state index is 0.189.